The van der Waals surface area contributed by atoms with Gasteiger partial charge in [0, 0.05) is 31.6 Å². The highest BCUT2D eigenvalue weighted by atomic mass is 16.1. The van der Waals surface area contributed by atoms with Gasteiger partial charge in [-0.15, -0.1) is 0 Å². The zero-order valence-corrected chi connectivity index (χ0v) is 14.4. The lowest BCUT2D eigenvalue weighted by Crippen LogP contribution is -2.47. The summed E-state index contributed by atoms with van der Waals surface area (Å²) in [6.45, 7) is 11.3. The molecule has 1 aromatic rings. The van der Waals surface area contributed by atoms with Crippen LogP contribution in [0.25, 0.3) is 0 Å². The highest BCUT2D eigenvalue weighted by Crippen LogP contribution is 2.22. The van der Waals surface area contributed by atoms with Gasteiger partial charge in [-0.25, -0.2) is 0 Å². The molecule has 22 heavy (non-hydrogen) atoms. The van der Waals surface area contributed by atoms with Crippen LogP contribution in [-0.4, -0.2) is 29.9 Å². The smallest absolute Gasteiger partial charge is 0.222 e. The van der Waals surface area contributed by atoms with Crippen molar-refractivity contribution < 1.29 is 4.79 Å². The number of fused-ring (bicyclic) bond motifs is 1. The summed E-state index contributed by atoms with van der Waals surface area (Å²) >= 11 is 0. The standard InChI is InChI=1S/C19H30N2O/c1-14(2)11-18(12-20-19(22)15(3)4)21-10-9-16-7-5-6-8-17(16)13-21/h5-8,14-15,18H,9-13H2,1-4H3,(H,20,22). The van der Waals surface area contributed by atoms with Gasteiger partial charge in [-0.3, -0.25) is 9.69 Å². The molecule has 3 heteroatoms. The molecule has 1 aliphatic heterocycles. The average Bonchev–Trinajstić information content (AvgIpc) is 2.50. The van der Waals surface area contributed by atoms with Gasteiger partial charge in [0.25, 0.3) is 0 Å². The molecule has 1 atom stereocenters. The van der Waals surface area contributed by atoms with Gasteiger partial charge in [-0.2, -0.15) is 0 Å². The van der Waals surface area contributed by atoms with E-state index in [2.05, 4.69) is 48.3 Å². The zero-order chi connectivity index (χ0) is 16.1. The van der Waals surface area contributed by atoms with Crippen molar-refractivity contribution in [2.75, 3.05) is 13.1 Å². The molecule has 1 aromatic carbocycles. The summed E-state index contributed by atoms with van der Waals surface area (Å²) in [5, 5.41) is 3.13. The number of carbonyl (C=O) groups is 1. The van der Waals surface area contributed by atoms with Crippen LogP contribution in [-0.2, 0) is 17.8 Å². The third-order valence-electron chi connectivity index (χ3n) is 4.46. The molecule has 0 saturated heterocycles. The Hall–Kier alpha value is -1.35. The van der Waals surface area contributed by atoms with Crippen molar-refractivity contribution >= 4 is 5.91 Å². The van der Waals surface area contributed by atoms with E-state index in [1.165, 1.54) is 11.1 Å². The van der Waals surface area contributed by atoms with E-state index < -0.39 is 0 Å². The van der Waals surface area contributed by atoms with Gasteiger partial charge in [0.15, 0.2) is 0 Å². The normalized spacial score (nSPS) is 16.6. The molecule has 0 fully saturated rings. The van der Waals surface area contributed by atoms with Gasteiger partial charge in [0.2, 0.25) is 5.91 Å². The summed E-state index contributed by atoms with van der Waals surface area (Å²) in [6, 6.07) is 9.16. The molecule has 0 bridgehead atoms. The van der Waals surface area contributed by atoms with Gasteiger partial charge in [-0.05, 0) is 29.9 Å². The molecule has 0 radical (unpaired) electrons. The quantitative estimate of drug-likeness (QED) is 0.875. The summed E-state index contributed by atoms with van der Waals surface area (Å²) in [4.78, 5) is 14.4. The maximum atomic E-state index is 11.9. The Balaban J connectivity index is 2.01. The van der Waals surface area contributed by atoms with Crippen molar-refractivity contribution in [3.05, 3.63) is 35.4 Å². The van der Waals surface area contributed by atoms with Crippen LogP contribution >= 0.6 is 0 Å². The highest BCUT2D eigenvalue weighted by molar-refractivity contribution is 5.77. The number of hydrogen-bond donors (Lipinski definition) is 1. The van der Waals surface area contributed by atoms with E-state index in [1.54, 1.807) is 0 Å². The van der Waals surface area contributed by atoms with Crippen molar-refractivity contribution in [1.29, 1.82) is 0 Å². The Morgan fingerprint density at radius 3 is 2.50 bits per heavy atom. The highest BCUT2D eigenvalue weighted by Gasteiger charge is 2.24. The largest absolute Gasteiger partial charge is 0.354 e. The topological polar surface area (TPSA) is 32.3 Å². The molecule has 1 heterocycles. The number of benzene rings is 1. The first-order valence-corrected chi connectivity index (χ1v) is 8.56. The Morgan fingerprint density at radius 1 is 1.18 bits per heavy atom. The van der Waals surface area contributed by atoms with E-state index in [0.717, 1.165) is 32.5 Å². The molecule has 3 nitrogen and oxygen atoms in total. The number of nitrogens with zero attached hydrogens (tertiary/aromatic N) is 1. The fourth-order valence-electron chi connectivity index (χ4n) is 3.16. The Kier molecular flexibility index (Phi) is 6.01. The first-order chi connectivity index (χ1) is 10.5. The van der Waals surface area contributed by atoms with Crippen molar-refractivity contribution in [3.8, 4) is 0 Å². The Morgan fingerprint density at radius 2 is 1.86 bits per heavy atom. The van der Waals surface area contributed by atoms with Crippen LogP contribution in [0.5, 0.6) is 0 Å². The number of hydrogen-bond acceptors (Lipinski definition) is 2. The minimum absolute atomic E-state index is 0.0572. The molecule has 0 saturated carbocycles. The molecular formula is C19H30N2O. The number of rotatable bonds is 6. The van der Waals surface area contributed by atoms with Gasteiger partial charge in [0.05, 0.1) is 0 Å². The third kappa shape index (κ3) is 4.57. The van der Waals surface area contributed by atoms with E-state index in [-0.39, 0.29) is 11.8 Å². The minimum Gasteiger partial charge on any atom is -0.354 e. The number of nitrogens with one attached hydrogen (secondary N) is 1. The first kappa shape index (κ1) is 17.0. The molecule has 0 aromatic heterocycles. The number of carbonyl (C=O) groups excluding carboxylic acids is 1. The van der Waals surface area contributed by atoms with Crippen molar-refractivity contribution in [2.45, 2.75) is 53.1 Å². The van der Waals surface area contributed by atoms with Gasteiger partial charge in [0.1, 0.15) is 0 Å². The molecule has 1 unspecified atom stereocenters. The van der Waals surface area contributed by atoms with Crippen LogP contribution in [0.2, 0.25) is 0 Å². The lowest BCUT2D eigenvalue weighted by molar-refractivity contribution is -0.124. The summed E-state index contributed by atoms with van der Waals surface area (Å²) < 4.78 is 0. The van der Waals surface area contributed by atoms with Crippen molar-refractivity contribution in [2.24, 2.45) is 11.8 Å². The second kappa shape index (κ2) is 7.77. The monoisotopic (exact) mass is 302 g/mol. The van der Waals surface area contributed by atoms with E-state index >= 15 is 0 Å². The lowest BCUT2D eigenvalue weighted by atomic mass is 9.95. The van der Waals surface area contributed by atoms with Gasteiger partial charge < -0.3 is 5.32 Å². The van der Waals surface area contributed by atoms with Crippen LogP contribution in [0.4, 0.5) is 0 Å². The molecule has 1 aliphatic rings. The maximum absolute atomic E-state index is 11.9. The zero-order valence-electron chi connectivity index (χ0n) is 14.4. The first-order valence-electron chi connectivity index (χ1n) is 8.56. The lowest BCUT2D eigenvalue weighted by Gasteiger charge is -2.36. The summed E-state index contributed by atoms with van der Waals surface area (Å²) in [5.74, 6) is 0.853. The molecular weight excluding hydrogens is 272 g/mol. The maximum Gasteiger partial charge on any atom is 0.222 e. The van der Waals surface area contributed by atoms with E-state index in [1.807, 2.05) is 13.8 Å². The molecule has 1 amide bonds. The van der Waals surface area contributed by atoms with Crippen LogP contribution in [0, 0.1) is 11.8 Å². The van der Waals surface area contributed by atoms with Gasteiger partial charge >= 0.3 is 0 Å². The predicted octanol–water partition coefficient (Wildman–Crippen LogP) is 3.23. The third-order valence-corrected chi connectivity index (χ3v) is 4.46. The van der Waals surface area contributed by atoms with Crippen LogP contribution < -0.4 is 5.32 Å². The van der Waals surface area contributed by atoms with Crippen molar-refractivity contribution in [3.63, 3.8) is 0 Å². The molecule has 0 aliphatic carbocycles. The Bertz CT molecular complexity index is 496. The van der Waals surface area contributed by atoms with Crippen LogP contribution in [0.15, 0.2) is 24.3 Å². The van der Waals surface area contributed by atoms with Gasteiger partial charge in [-0.1, -0.05) is 52.0 Å². The molecule has 0 spiro atoms. The van der Waals surface area contributed by atoms with Crippen molar-refractivity contribution in [1.82, 2.24) is 10.2 Å². The fraction of sp³-hybridized carbons (Fsp3) is 0.632. The van der Waals surface area contributed by atoms with Crippen LogP contribution in [0.3, 0.4) is 0 Å². The fourth-order valence-corrected chi connectivity index (χ4v) is 3.16. The minimum atomic E-state index is 0.0572. The predicted molar refractivity (Wildman–Crippen MR) is 91.6 cm³/mol. The second-order valence-electron chi connectivity index (χ2n) is 7.17. The van der Waals surface area contributed by atoms with E-state index in [9.17, 15) is 4.79 Å². The SMILES string of the molecule is CC(C)CC(CNC(=O)C(C)C)N1CCc2ccccc2C1. The van der Waals surface area contributed by atoms with E-state index in [0.29, 0.717) is 12.0 Å². The van der Waals surface area contributed by atoms with E-state index in [4.69, 9.17) is 0 Å². The molecule has 122 valence electrons. The Labute approximate surface area is 135 Å². The average molecular weight is 302 g/mol. The van der Waals surface area contributed by atoms with Crippen LogP contribution in [0.1, 0.15) is 45.2 Å². The second-order valence-corrected chi connectivity index (χ2v) is 7.17. The number of amides is 1. The summed E-state index contributed by atoms with van der Waals surface area (Å²) in [6.07, 6.45) is 2.24. The molecule has 2 rings (SSSR count). The summed E-state index contributed by atoms with van der Waals surface area (Å²) in [5.41, 5.74) is 2.92. The molecule has 1 N–H and O–H groups in total. The summed E-state index contributed by atoms with van der Waals surface area (Å²) in [7, 11) is 0.